The Kier molecular flexibility index (Phi) is 2.53. The van der Waals surface area contributed by atoms with E-state index < -0.39 is 0 Å². The molecule has 20 heavy (non-hydrogen) atoms. The van der Waals surface area contributed by atoms with Crippen molar-refractivity contribution in [3.05, 3.63) is 23.8 Å². The Bertz CT molecular complexity index is 758. The fourth-order valence-corrected chi connectivity index (χ4v) is 2.32. The highest BCUT2D eigenvalue weighted by Gasteiger charge is 2.23. The maximum Gasteiger partial charge on any atom is 0.259 e. The molecule has 0 spiro atoms. The summed E-state index contributed by atoms with van der Waals surface area (Å²) in [4.78, 5) is 8.64. The first-order valence-corrected chi connectivity index (χ1v) is 6.45. The van der Waals surface area contributed by atoms with Crippen LogP contribution >= 0.6 is 0 Å². The van der Waals surface area contributed by atoms with Crippen molar-refractivity contribution in [2.75, 3.05) is 13.2 Å². The predicted octanol–water partition coefficient (Wildman–Crippen LogP) is 2.09. The Morgan fingerprint density at radius 2 is 2.20 bits per heavy atom. The SMILES string of the molecule is Cc1noc2ncc(-c3nc(C4CCOC4)no3)cc12. The average Bonchev–Trinajstić information content (AvgIpc) is 3.18. The van der Waals surface area contributed by atoms with E-state index in [2.05, 4.69) is 20.3 Å². The van der Waals surface area contributed by atoms with Crippen LogP contribution in [0.25, 0.3) is 22.6 Å². The second-order valence-electron chi connectivity index (χ2n) is 4.86. The van der Waals surface area contributed by atoms with Gasteiger partial charge in [0, 0.05) is 18.7 Å². The molecule has 7 heteroatoms. The zero-order valence-corrected chi connectivity index (χ0v) is 10.9. The molecule has 1 aliphatic heterocycles. The summed E-state index contributed by atoms with van der Waals surface area (Å²) in [5.41, 5.74) is 2.06. The molecule has 4 heterocycles. The molecule has 102 valence electrons. The van der Waals surface area contributed by atoms with E-state index in [1.165, 1.54) is 0 Å². The van der Waals surface area contributed by atoms with Gasteiger partial charge in [-0.15, -0.1) is 0 Å². The topological polar surface area (TPSA) is 87.1 Å². The number of nitrogens with zero attached hydrogens (tertiary/aromatic N) is 4. The minimum absolute atomic E-state index is 0.224. The predicted molar refractivity (Wildman–Crippen MR) is 68.0 cm³/mol. The summed E-state index contributed by atoms with van der Waals surface area (Å²) < 4.78 is 15.7. The number of aromatic nitrogens is 4. The van der Waals surface area contributed by atoms with Crippen molar-refractivity contribution in [3.63, 3.8) is 0 Å². The quantitative estimate of drug-likeness (QED) is 0.705. The molecule has 0 saturated carbocycles. The third kappa shape index (κ3) is 1.78. The van der Waals surface area contributed by atoms with Crippen molar-refractivity contribution in [1.82, 2.24) is 20.3 Å². The molecule has 1 saturated heterocycles. The Morgan fingerprint density at radius 3 is 3.05 bits per heavy atom. The van der Waals surface area contributed by atoms with Gasteiger partial charge in [0.1, 0.15) is 0 Å². The van der Waals surface area contributed by atoms with E-state index in [4.69, 9.17) is 13.8 Å². The number of pyridine rings is 1. The third-order valence-corrected chi connectivity index (χ3v) is 3.49. The molecule has 1 aliphatic rings. The van der Waals surface area contributed by atoms with Gasteiger partial charge in [-0.1, -0.05) is 10.3 Å². The number of ether oxygens (including phenoxy) is 1. The molecule has 0 aliphatic carbocycles. The Labute approximate surface area is 113 Å². The van der Waals surface area contributed by atoms with Gasteiger partial charge < -0.3 is 13.8 Å². The summed E-state index contributed by atoms with van der Waals surface area (Å²) >= 11 is 0. The first kappa shape index (κ1) is 11.5. The molecular formula is C13H12N4O3. The summed E-state index contributed by atoms with van der Waals surface area (Å²) in [6.07, 6.45) is 2.58. The Morgan fingerprint density at radius 1 is 1.25 bits per heavy atom. The molecule has 1 atom stereocenters. The highest BCUT2D eigenvalue weighted by Crippen LogP contribution is 2.27. The van der Waals surface area contributed by atoms with Crippen LogP contribution in [0.1, 0.15) is 23.9 Å². The lowest BCUT2D eigenvalue weighted by Crippen LogP contribution is -1.99. The molecule has 4 rings (SSSR count). The second-order valence-corrected chi connectivity index (χ2v) is 4.86. The van der Waals surface area contributed by atoms with Crippen LogP contribution in [0.2, 0.25) is 0 Å². The maximum absolute atomic E-state index is 5.33. The summed E-state index contributed by atoms with van der Waals surface area (Å²) in [5, 5.41) is 8.76. The van der Waals surface area contributed by atoms with Gasteiger partial charge in [-0.3, -0.25) is 0 Å². The largest absolute Gasteiger partial charge is 0.381 e. The van der Waals surface area contributed by atoms with E-state index in [-0.39, 0.29) is 5.92 Å². The van der Waals surface area contributed by atoms with E-state index in [9.17, 15) is 0 Å². The smallest absolute Gasteiger partial charge is 0.259 e. The molecule has 0 aromatic carbocycles. The molecule has 1 fully saturated rings. The Hall–Kier alpha value is -2.28. The average molecular weight is 272 g/mol. The molecule has 0 radical (unpaired) electrons. The van der Waals surface area contributed by atoms with E-state index >= 15 is 0 Å². The van der Waals surface area contributed by atoms with Crippen molar-refractivity contribution in [3.8, 4) is 11.5 Å². The minimum atomic E-state index is 0.224. The van der Waals surface area contributed by atoms with Gasteiger partial charge in [0.05, 0.1) is 23.3 Å². The zero-order chi connectivity index (χ0) is 13.5. The minimum Gasteiger partial charge on any atom is -0.381 e. The van der Waals surface area contributed by atoms with Gasteiger partial charge in [-0.25, -0.2) is 4.98 Å². The first-order chi connectivity index (χ1) is 9.81. The molecule has 3 aromatic heterocycles. The summed E-state index contributed by atoms with van der Waals surface area (Å²) in [7, 11) is 0. The van der Waals surface area contributed by atoms with Crippen molar-refractivity contribution in [2.45, 2.75) is 19.3 Å². The number of aryl methyl sites for hydroxylation is 1. The molecule has 7 nitrogen and oxygen atoms in total. The highest BCUT2D eigenvalue weighted by atomic mass is 16.5. The Balaban J connectivity index is 1.72. The van der Waals surface area contributed by atoms with Gasteiger partial charge in [-0.2, -0.15) is 4.98 Å². The summed E-state index contributed by atoms with van der Waals surface area (Å²) in [6, 6.07) is 1.90. The molecular weight excluding hydrogens is 260 g/mol. The maximum atomic E-state index is 5.33. The van der Waals surface area contributed by atoms with Gasteiger partial charge in [-0.05, 0) is 19.4 Å². The first-order valence-electron chi connectivity index (χ1n) is 6.45. The van der Waals surface area contributed by atoms with E-state index in [1.807, 2.05) is 13.0 Å². The molecule has 0 N–H and O–H groups in total. The fourth-order valence-electron chi connectivity index (χ4n) is 2.32. The van der Waals surface area contributed by atoms with Crippen molar-refractivity contribution >= 4 is 11.1 Å². The van der Waals surface area contributed by atoms with Crippen molar-refractivity contribution in [1.29, 1.82) is 0 Å². The molecule has 1 unspecified atom stereocenters. The third-order valence-electron chi connectivity index (χ3n) is 3.49. The summed E-state index contributed by atoms with van der Waals surface area (Å²) in [6.45, 7) is 3.27. The fraction of sp³-hybridized carbons (Fsp3) is 0.385. The zero-order valence-electron chi connectivity index (χ0n) is 10.9. The van der Waals surface area contributed by atoms with Crippen LogP contribution in [0.5, 0.6) is 0 Å². The molecule has 3 aromatic rings. The van der Waals surface area contributed by atoms with E-state index in [0.717, 1.165) is 29.7 Å². The van der Waals surface area contributed by atoms with Crippen LogP contribution in [0.15, 0.2) is 21.3 Å². The lowest BCUT2D eigenvalue weighted by atomic mass is 10.1. The van der Waals surface area contributed by atoms with Gasteiger partial charge >= 0.3 is 0 Å². The molecule has 0 bridgehead atoms. The number of hydrogen-bond acceptors (Lipinski definition) is 7. The van der Waals surface area contributed by atoms with Gasteiger partial charge in [0.15, 0.2) is 5.82 Å². The van der Waals surface area contributed by atoms with Crippen LogP contribution in [-0.4, -0.2) is 33.5 Å². The number of fused-ring (bicyclic) bond motifs is 1. The standard InChI is InChI=1S/C13H12N4O3/c1-7-10-4-9(5-14-13(10)20-16-7)12-15-11(17-19-12)8-2-3-18-6-8/h4-5,8H,2-3,6H2,1H3. The highest BCUT2D eigenvalue weighted by molar-refractivity contribution is 5.79. The lowest BCUT2D eigenvalue weighted by Gasteiger charge is -1.97. The normalized spacial score (nSPS) is 18.9. The van der Waals surface area contributed by atoms with Gasteiger partial charge in [0.2, 0.25) is 0 Å². The number of hydrogen-bond donors (Lipinski definition) is 0. The van der Waals surface area contributed by atoms with Crippen LogP contribution in [0, 0.1) is 6.92 Å². The van der Waals surface area contributed by atoms with Gasteiger partial charge in [0.25, 0.3) is 11.6 Å². The van der Waals surface area contributed by atoms with E-state index in [0.29, 0.717) is 24.0 Å². The monoisotopic (exact) mass is 272 g/mol. The molecule has 0 amide bonds. The van der Waals surface area contributed by atoms with E-state index in [1.54, 1.807) is 6.20 Å². The van der Waals surface area contributed by atoms with Crippen LogP contribution in [0.3, 0.4) is 0 Å². The van der Waals surface area contributed by atoms with Crippen molar-refractivity contribution in [2.24, 2.45) is 0 Å². The second kappa shape index (κ2) is 4.38. The van der Waals surface area contributed by atoms with Crippen molar-refractivity contribution < 1.29 is 13.8 Å². The lowest BCUT2D eigenvalue weighted by molar-refractivity contribution is 0.192. The summed E-state index contributed by atoms with van der Waals surface area (Å²) in [5.74, 6) is 1.38. The number of rotatable bonds is 2. The van der Waals surface area contributed by atoms with Crippen LogP contribution in [0.4, 0.5) is 0 Å². The van der Waals surface area contributed by atoms with Crippen LogP contribution < -0.4 is 0 Å². The van der Waals surface area contributed by atoms with Crippen LogP contribution in [-0.2, 0) is 4.74 Å².